The molecule has 0 spiro atoms. The third-order valence-electron chi connectivity index (χ3n) is 3.19. The fourth-order valence-electron chi connectivity index (χ4n) is 2.61. The number of nitrogens with zero attached hydrogens (tertiary/aromatic N) is 1. The Bertz CT molecular complexity index is 295. The zero-order valence-corrected chi connectivity index (χ0v) is 7.27. The van der Waals surface area contributed by atoms with Crippen molar-refractivity contribution >= 4 is 0 Å². The van der Waals surface area contributed by atoms with E-state index in [9.17, 15) is 0 Å². The summed E-state index contributed by atoms with van der Waals surface area (Å²) in [5.74, 6) is 0. The molecule has 0 saturated carbocycles. The Morgan fingerprint density at radius 3 is 2.75 bits per heavy atom. The van der Waals surface area contributed by atoms with Crippen molar-refractivity contribution in [2.45, 2.75) is 38.5 Å². The normalized spacial score (nSPS) is 19.3. The lowest BCUT2D eigenvalue weighted by Crippen LogP contribution is -1.95. The zero-order chi connectivity index (χ0) is 7.97. The molecule has 0 fully saturated rings. The summed E-state index contributed by atoms with van der Waals surface area (Å²) in [4.78, 5) is 4.53. The molecular weight excluding hydrogens is 146 g/mol. The number of hydrogen-bond donors (Lipinski definition) is 0. The summed E-state index contributed by atoms with van der Waals surface area (Å²) in [5.41, 5.74) is 6.22. The van der Waals surface area contributed by atoms with Gasteiger partial charge < -0.3 is 0 Å². The second kappa shape index (κ2) is 2.32. The van der Waals surface area contributed by atoms with Gasteiger partial charge in [-0.05, 0) is 55.2 Å². The maximum absolute atomic E-state index is 4.53. The van der Waals surface area contributed by atoms with E-state index >= 15 is 0 Å². The Kier molecular flexibility index (Phi) is 1.28. The summed E-state index contributed by atoms with van der Waals surface area (Å²) in [6.45, 7) is 0. The fraction of sp³-hybridized carbons (Fsp3) is 0.545. The summed E-state index contributed by atoms with van der Waals surface area (Å²) in [6, 6.07) is 0. The van der Waals surface area contributed by atoms with Crippen molar-refractivity contribution in [2.75, 3.05) is 0 Å². The molecule has 1 aromatic heterocycles. The standard InChI is InChI=1S/C11H13N/c1-3-8-7-12-11-6-2-5-10(11)9(8)4-1/h7H,1-6H2. The molecule has 1 heterocycles. The largest absolute Gasteiger partial charge is 0.261 e. The van der Waals surface area contributed by atoms with Crippen LogP contribution in [0, 0.1) is 0 Å². The second-order valence-electron chi connectivity index (χ2n) is 3.89. The van der Waals surface area contributed by atoms with E-state index in [2.05, 4.69) is 11.2 Å². The maximum Gasteiger partial charge on any atom is 0.0438 e. The van der Waals surface area contributed by atoms with Crippen molar-refractivity contribution in [2.24, 2.45) is 0 Å². The minimum absolute atomic E-state index is 1.22. The van der Waals surface area contributed by atoms with Crippen LogP contribution in [-0.4, -0.2) is 4.98 Å². The van der Waals surface area contributed by atoms with Crippen LogP contribution in [0.15, 0.2) is 6.20 Å². The molecule has 0 radical (unpaired) electrons. The first-order chi connectivity index (χ1) is 5.95. The lowest BCUT2D eigenvalue weighted by atomic mass is 10.1. The van der Waals surface area contributed by atoms with Gasteiger partial charge in [0.2, 0.25) is 0 Å². The van der Waals surface area contributed by atoms with Crippen LogP contribution < -0.4 is 0 Å². The van der Waals surface area contributed by atoms with Crippen molar-refractivity contribution in [1.29, 1.82) is 0 Å². The van der Waals surface area contributed by atoms with Gasteiger partial charge in [-0.2, -0.15) is 0 Å². The van der Waals surface area contributed by atoms with Gasteiger partial charge in [0.05, 0.1) is 0 Å². The van der Waals surface area contributed by atoms with Gasteiger partial charge in [-0.15, -0.1) is 0 Å². The van der Waals surface area contributed by atoms with E-state index in [1.165, 1.54) is 49.8 Å². The first kappa shape index (κ1) is 6.64. The third-order valence-corrected chi connectivity index (χ3v) is 3.19. The van der Waals surface area contributed by atoms with Gasteiger partial charge in [0.25, 0.3) is 0 Å². The van der Waals surface area contributed by atoms with E-state index in [4.69, 9.17) is 0 Å². The quantitative estimate of drug-likeness (QED) is 0.564. The molecule has 3 rings (SSSR count). The Balaban J connectivity index is 2.24. The minimum atomic E-state index is 1.22. The highest BCUT2D eigenvalue weighted by atomic mass is 14.7. The van der Waals surface area contributed by atoms with Gasteiger partial charge in [0, 0.05) is 11.9 Å². The summed E-state index contributed by atoms with van der Waals surface area (Å²) < 4.78 is 0. The van der Waals surface area contributed by atoms with Gasteiger partial charge in [-0.3, -0.25) is 4.98 Å². The Labute approximate surface area is 72.8 Å². The number of fused-ring (bicyclic) bond motifs is 3. The van der Waals surface area contributed by atoms with Crippen LogP contribution in [-0.2, 0) is 25.7 Å². The van der Waals surface area contributed by atoms with Crippen LogP contribution >= 0.6 is 0 Å². The predicted molar refractivity (Wildman–Crippen MR) is 48.3 cm³/mol. The molecular formula is C11H13N. The molecule has 0 N–H and O–H groups in total. The van der Waals surface area contributed by atoms with Crippen molar-refractivity contribution in [3.63, 3.8) is 0 Å². The molecule has 0 unspecified atom stereocenters. The molecule has 2 aliphatic carbocycles. The average Bonchev–Trinajstić information content (AvgIpc) is 2.71. The van der Waals surface area contributed by atoms with Gasteiger partial charge >= 0.3 is 0 Å². The van der Waals surface area contributed by atoms with Crippen LogP contribution in [0.3, 0.4) is 0 Å². The van der Waals surface area contributed by atoms with E-state index < -0.39 is 0 Å². The minimum Gasteiger partial charge on any atom is -0.261 e. The first-order valence-corrected chi connectivity index (χ1v) is 4.93. The molecule has 0 aromatic carbocycles. The average molecular weight is 159 g/mol. The topological polar surface area (TPSA) is 12.9 Å². The summed E-state index contributed by atoms with van der Waals surface area (Å²) in [7, 11) is 0. The van der Waals surface area contributed by atoms with Gasteiger partial charge in [0.1, 0.15) is 0 Å². The molecule has 0 atom stereocenters. The van der Waals surface area contributed by atoms with Crippen molar-refractivity contribution in [3.05, 3.63) is 28.6 Å². The molecule has 2 aliphatic rings. The molecule has 0 saturated heterocycles. The van der Waals surface area contributed by atoms with Gasteiger partial charge in [-0.25, -0.2) is 0 Å². The van der Waals surface area contributed by atoms with Crippen LogP contribution in [0.25, 0.3) is 0 Å². The maximum atomic E-state index is 4.53. The van der Waals surface area contributed by atoms with E-state index in [0.717, 1.165) is 0 Å². The van der Waals surface area contributed by atoms with E-state index in [1.54, 1.807) is 11.1 Å². The van der Waals surface area contributed by atoms with Crippen molar-refractivity contribution in [3.8, 4) is 0 Å². The SMILES string of the molecule is c1nc2c(c3c1CCC3)CCC2. The Hall–Kier alpha value is -0.850. The molecule has 62 valence electrons. The van der Waals surface area contributed by atoms with Crippen LogP contribution in [0.5, 0.6) is 0 Å². The monoisotopic (exact) mass is 159 g/mol. The number of aromatic nitrogens is 1. The number of aryl methyl sites for hydroxylation is 2. The molecule has 12 heavy (non-hydrogen) atoms. The van der Waals surface area contributed by atoms with Crippen LogP contribution in [0.4, 0.5) is 0 Å². The zero-order valence-electron chi connectivity index (χ0n) is 7.27. The van der Waals surface area contributed by atoms with Crippen LogP contribution in [0.2, 0.25) is 0 Å². The smallest absolute Gasteiger partial charge is 0.0438 e. The highest BCUT2D eigenvalue weighted by Crippen LogP contribution is 2.31. The molecule has 0 bridgehead atoms. The second-order valence-corrected chi connectivity index (χ2v) is 3.89. The van der Waals surface area contributed by atoms with Gasteiger partial charge in [0.15, 0.2) is 0 Å². The molecule has 0 aliphatic heterocycles. The third kappa shape index (κ3) is 0.767. The van der Waals surface area contributed by atoms with E-state index in [1.807, 2.05) is 0 Å². The highest BCUT2D eigenvalue weighted by Gasteiger charge is 2.21. The lowest BCUT2D eigenvalue weighted by molar-refractivity contribution is 0.881. The first-order valence-electron chi connectivity index (χ1n) is 4.93. The van der Waals surface area contributed by atoms with Crippen LogP contribution in [0.1, 0.15) is 35.2 Å². The molecule has 0 amide bonds. The van der Waals surface area contributed by atoms with E-state index in [-0.39, 0.29) is 0 Å². The Morgan fingerprint density at radius 2 is 1.75 bits per heavy atom. The fourth-order valence-corrected chi connectivity index (χ4v) is 2.61. The lowest BCUT2D eigenvalue weighted by Gasteiger charge is -2.04. The summed E-state index contributed by atoms with van der Waals surface area (Å²) in [6.07, 6.45) is 9.92. The number of pyridine rings is 1. The number of rotatable bonds is 0. The summed E-state index contributed by atoms with van der Waals surface area (Å²) >= 11 is 0. The Morgan fingerprint density at radius 1 is 0.917 bits per heavy atom. The predicted octanol–water partition coefficient (Wildman–Crippen LogP) is 2.06. The van der Waals surface area contributed by atoms with Crippen molar-refractivity contribution in [1.82, 2.24) is 4.98 Å². The highest BCUT2D eigenvalue weighted by molar-refractivity contribution is 5.41. The molecule has 1 heteroatoms. The van der Waals surface area contributed by atoms with Crippen molar-refractivity contribution < 1.29 is 0 Å². The molecule has 1 nitrogen and oxygen atoms in total. The summed E-state index contributed by atoms with van der Waals surface area (Å²) in [5, 5.41) is 0. The molecule has 1 aromatic rings. The number of hydrogen-bond acceptors (Lipinski definition) is 1. The van der Waals surface area contributed by atoms with E-state index in [0.29, 0.717) is 0 Å². The van der Waals surface area contributed by atoms with Gasteiger partial charge in [-0.1, -0.05) is 0 Å².